The zero-order valence-corrected chi connectivity index (χ0v) is 22.2. The fourth-order valence-electron chi connectivity index (χ4n) is 3.84. The summed E-state index contributed by atoms with van der Waals surface area (Å²) in [5, 5.41) is 5.44. The number of carbonyl (C=O) groups is 4. The quantitative estimate of drug-likeness (QED) is 0.474. The Bertz CT molecular complexity index is 1030. The van der Waals surface area contributed by atoms with Crippen LogP contribution in [0.3, 0.4) is 0 Å². The van der Waals surface area contributed by atoms with Gasteiger partial charge in [0.15, 0.2) is 0 Å². The van der Waals surface area contributed by atoms with Crippen molar-refractivity contribution in [1.29, 1.82) is 0 Å². The molecule has 0 aromatic heterocycles. The summed E-state index contributed by atoms with van der Waals surface area (Å²) in [6, 6.07) is 4.22. The smallest absolute Gasteiger partial charge is 0.408 e. The van der Waals surface area contributed by atoms with Gasteiger partial charge in [-0.2, -0.15) is 0 Å². The third-order valence-electron chi connectivity index (χ3n) is 5.49. The molecular weight excluding hydrogens is 460 g/mol. The molecule has 1 fully saturated rings. The molecule has 1 aliphatic rings. The van der Waals surface area contributed by atoms with Crippen LogP contribution in [0, 0.1) is 18.3 Å². The normalized spacial score (nSPS) is 18.7. The molecule has 0 aliphatic heterocycles. The number of nitrogens with zero attached hydrogens (tertiary/aromatic N) is 1. The minimum atomic E-state index is -1.31. The van der Waals surface area contributed by atoms with Crippen LogP contribution < -0.4 is 16.4 Å². The molecule has 4 unspecified atom stereocenters. The fraction of sp³-hybridized carbons (Fsp3) is 0.556. The van der Waals surface area contributed by atoms with Gasteiger partial charge in [0, 0.05) is 17.1 Å². The van der Waals surface area contributed by atoms with Gasteiger partial charge >= 0.3 is 6.09 Å². The molecule has 0 saturated heterocycles. The van der Waals surface area contributed by atoms with E-state index in [9.17, 15) is 19.2 Å². The molecule has 4 amide bonds. The lowest BCUT2D eigenvalue weighted by molar-refractivity contribution is -0.144. The molecule has 9 heteroatoms. The van der Waals surface area contributed by atoms with Crippen molar-refractivity contribution in [2.45, 2.75) is 90.6 Å². The minimum Gasteiger partial charge on any atom is -0.444 e. The van der Waals surface area contributed by atoms with Crippen LogP contribution in [0.25, 0.3) is 0 Å². The standard InChI is InChI=1S/C27H38N4O5/c1-9-17-10-12-18(13-11-17)22(23(33)30-26(3,4)5)31(20-14-16(20)2)24(34)19(15-21(28)32)29-25(35)36-27(6,7)8/h1,10-13,16,19-20,22H,14-15H2,2-8H3,(H2,28,32)(H,29,35)(H,30,33). The Hall–Kier alpha value is -3.54. The lowest BCUT2D eigenvalue weighted by Gasteiger charge is -2.36. The number of nitrogens with one attached hydrogen (secondary N) is 2. The maximum atomic E-state index is 14.0. The average Bonchev–Trinajstić information content (AvgIpc) is 3.43. The van der Waals surface area contributed by atoms with Gasteiger partial charge in [-0.25, -0.2) is 4.79 Å². The van der Waals surface area contributed by atoms with Crippen LogP contribution in [0.15, 0.2) is 24.3 Å². The van der Waals surface area contributed by atoms with E-state index in [-0.39, 0.29) is 12.0 Å². The Morgan fingerprint density at radius 2 is 1.69 bits per heavy atom. The monoisotopic (exact) mass is 498 g/mol. The molecule has 2 rings (SSSR count). The van der Waals surface area contributed by atoms with Crippen LogP contribution in [0.1, 0.15) is 78.5 Å². The molecule has 0 radical (unpaired) electrons. The van der Waals surface area contributed by atoms with Crippen LogP contribution in [-0.4, -0.2) is 51.9 Å². The van der Waals surface area contributed by atoms with E-state index in [4.69, 9.17) is 16.9 Å². The Labute approximate surface area is 213 Å². The number of rotatable bonds is 8. The highest BCUT2D eigenvalue weighted by Crippen LogP contribution is 2.41. The number of benzene rings is 1. The largest absolute Gasteiger partial charge is 0.444 e. The van der Waals surface area contributed by atoms with E-state index in [0.29, 0.717) is 17.5 Å². The van der Waals surface area contributed by atoms with Crippen LogP contribution >= 0.6 is 0 Å². The van der Waals surface area contributed by atoms with Gasteiger partial charge in [-0.15, -0.1) is 6.42 Å². The molecule has 1 aromatic rings. The van der Waals surface area contributed by atoms with Crippen LogP contribution in [0.2, 0.25) is 0 Å². The maximum absolute atomic E-state index is 14.0. The van der Waals surface area contributed by atoms with Gasteiger partial charge in [-0.05, 0) is 71.6 Å². The first-order valence-corrected chi connectivity index (χ1v) is 12.0. The Morgan fingerprint density at radius 1 is 1.14 bits per heavy atom. The topological polar surface area (TPSA) is 131 Å². The lowest BCUT2D eigenvalue weighted by atomic mass is 9.98. The molecule has 4 atom stereocenters. The summed E-state index contributed by atoms with van der Waals surface area (Å²) < 4.78 is 5.29. The molecule has 1 saturated carbocycles. The first-order chi connectivity index (χ1) is 16.5. The third kappa shape index (κ3) is 8.29. The van der Waals surface area contributed by atoms with Crippen molar-refractivity contribution < 1.29 is 23.9 Å². The van der Waals surface area contributed by atoms with Gasteiger partial charge in [0.2, 0.25) is 17.7 Å². The summed E-state index contributed by atoms with van der Waals surface area (Å²) in [5.74, 6) is 0.906. The zero-order chi connectivity index (χ0) is 27.4. The second kappa shape index (κ2) is 11.0. The zero-order valence-electron chi connectivity index (χ0n) is 22.2. The van der Waals surface area contributed by atoms with E-state index in [1.807, 2.05) is 27.7 Å². The summed E-state index contributed by atoms with van der Waals surface area (Å²) in [6.07, 6.45) is 4.85. The number of alkyl carbamates (subject to hydrolysis) is 1. The lowest BCUT2D eigenvalue weighted by Crippen LogP contribution is -2.56. The molecule has 196 valence electrons. The van der Waals surface area contributed by atoms with Crippen molar-refractivity contribution in [3.8, 4) is 12.3 Å². The highest BCUT2D eigenvalue weighted by Gasteiger charge is 2.48. The predicted molar refractivity (Wildman–Crippen MR) is 136 cm³/mol. The van der Waals surface area contributed by atoms with Crippen molar-refractivity contribution in [1.82, 2.24) is 15.5 Å². The van der Waals surface area contributed by atoms with E-state index in [0.717, 1.165) is 0 Å². The summed E-state index contributed by atoms with van der Waals surface area (Å²) in [5.41, 5.74) is 5.21. The number of terminal acetylenes is 1. The number of primary amides is 1. The predicted octanol–water partition coefficient (Wildman–Crippen LogP) is 2.63. The first kappa shape index (κ1) is 28.7. The van der Waals surface area contributed by atoms with E-state index in [2.05, 4.69) is 16.6 Å². The molecule has 4 N–H and O–H groups in total. The summed E-state index contributed by atoms with van der Waals surface area (Å²) in [4.78, 5) is 53.4. The maximum Gasteiger partial charge on any atom is 0.408 e. The van der Waals surface area contributed by atoms with Crippen molar-refractivity contribution in [2.75, 3.05) is 0 Å². The van der Waals surface area contributed by atoms with E-state index in [1.165, 1.54) is 4.90 Å². The molecule has 0 spiro atoms. The van der Waals surface area contributed by atoms with Crippen molar-refractivity contribution in [3.63, 3.8) is 0 Å². The molecule has 1 aliphatic carbocycles. The van der Waals surface area contributed by atoms with Crippen molar-refractivity contribution in [3.05, 3.63) is 35.4 Å². The van der Waals surface area contributed by atoms with Crippen LogP contribution in [0.4, 0.5) is 4.79 Å². The summed E-state index contributed by atoms with van der Waals surface area (Å²) in [6.45, 7) is 12.5. The summed E-state index contributed by atoms with van der Waals surface area (Å²) in [7, 11) is 0. The van der Waals surface area contributed by atoms with E-state index in [1.54, 1.807) is 45.0 Å². The number of ether oxygens (including phenoxy) is 1. The van der Waals surface area contributed by atoms with Gasteiger partial charge in [0.1, 0.15) is 17.7 Å². The minimum absolute atomic E-state index is 0.125. The van der Waals surface area contributed by atoms with Crippen molar-refractivity contribution in [2.24, 2.45) is 11.7 Å². The Morgan fingerprint density at radius 3 is 2.11 bits per heavy atom. The SMILES string of the molecule is C#Cc1ccc(C(C(=O)NC(C)(C)C)N(C(=O)C(CC(N)=O)NC(=O)OC(C)(C)C)C2CC2C)cc1. The van der Waals surface area contributed by atoms with Crippen molar-refractivity contribution >= 4 is 23.8 Å². The summed E-state index contributed by atoms with van der Waals surface area (Å²) >= 11 is 0. The van der Waals surface area contributed by atoms with E-state index >= 15 is 0 Å². The first-order valence-electron chi connectivity index (χ1n) is 12.0. The molecule has 36 heavy (non-hydrogen) atoms. The molecule has 9 nitrogen and oxygen atoms in total. The number of hydrogen-bond donors (Lipinski definition) is 3. The second-order valence-corrected chi connectivity index (χ2v) is 11.3. The van der Waals surface area contributed by atoms with E-state index < -0.39 is 53.5 Å². The Balaban J connectivity index is 2.53. The number of amides is 4. The molecule has 1 aromatic carbocycles. The van der Waals surface area contributed by atoms with Gasteiger partial charge in [-0.1, -0.05) is 25.0 Å². The number of hydrogen-bond acceptors (Lipinski definition) is 5. The third-order valence-corrected chi connectivity index (χ3v) is 5.49. The van der Waals surface area contributed by atoms with Gasteiger partial charge < -0.3 is 26.0 Å². The fourth-order valence-corrected chi connectivity index (χ4v) is 3.84. The highest BCUT2D eigenvalue weighted by molar-refractivity contribution is 5.95. The van der Waals surface area contributed by atoms with Gasteiger partial charge in [0.05, 0.1) is 6.42 Å². The number of nitrogens with two attached hydrogens (primary N) is 1. The average molecular weight is 499 g/mol. The second-order valence-electron chi connectivity index (χ2n) is 11.3. The van der Waals surface area contributed by atoms with Gasteiger partial charge in [-0.3, -0.25) is 14.4 Å². The van der Waals surface area contributed by atoms with Crippen LogP contribution in [-0.2, 0) is 19.1 Å². The molecular formula is C27H38N4O5. The van der Waals surface area contributed by atoms with Gasteiger partial charge in [0.25, 0.3) is 0 Å². The molecule has 0 heterocycles. The number of carbonyl (C=O) groups excluding carboxylic acids is 4. The Kier molecular flexibility index (Phi) is 8.79. The highest BCUT2D eigenvalue weighted by atomic mass is 16.6. The van der Waals surface area contributed by atoms with Crippen LogP contribution in [0.5, 0.6) is 0 Å². The molecule has 0 bridgehead atoms.